The van der Waals surface area contributed by atoms with Crippen molar-refractivity contribution >= 4 is 34.4 Å². The summed E-state index contributed by atoms with van der Waals surface area (Å²) in [7, 11) is 1.99. The number of para-hydroxylation sites is 1. The zero-order valence-electron chi connectivity index (χ0n) is 16.3. The number of benzene rings is 3. The number of allylic oxidation sites excluding steroid dienone is 1. The highest BCUT2D eigenvalue weighted by molar-refractivity contribution is 6.30. The van der Waals surface area contributed by atoms with Crippen LogP contribution in [-0.2, 0) is 13.7 Å². The summed E-state index contributed by atoms with van der Waals surface area (Å²) in [5.74, 6) is 1.35. The molecule has 0 aliphatic carbocycles. The number of halogens is 1. The molecule has 3 aromatic carbocycles. The number of aryl methyl sites for hydroxylation is 1. The van der Waals surface area contributed by atoms with Crippen LogP contribution in [0.25, 0.3) is 17.0 Å². The first kappa shape index (κ1) is 18.5. The monoisotopic (exact) mass is 415 g/mol. The van der Waals surface area contributed by atoms with Crippen LogP contribution in [0.1, 0.15) is 21.5 Å². The third-order valence-corrected chi connectivity index (χ3v) is 5.43. The molecule has 0 saturated carbocycles. The number of hydrogen-bond donors (Lipinski definition) is 0. The van der Waals surface area contributed by atoms with Crippen LogP contribution in [0.2, 0.25) is 5.02 Å². The first-order valence-corrected chi connectivity index (χ1v) is 9.96. The molecule has 2 heterocycles. The van der Waals surface area contributed by atoms with Crippen LogP contribution in [0, 0.1) is 0 Å². The maximum Gasteiger partial charge on any atom is 0.231 e. The molecule has 0 N–H and O–H groups in total. The van der Waals surface area contributed by atoms with Gasteiger partial charge in [-0.05, 0) is 42.0 Å². The van der Waals surface area contributed by atoms with Gasteiger partial charge in [-0.1, -0.05) is 41.9 Å². The smallest absolute Gasteiger partial charge is 0.231 e. The van der Waals surface area contributed by atoms with Gasteiger partial charge in [-0.2, -0.15) is 0 Å². The molecule has 0 unspecified atom stereocenters. The van der Waals surface area contributed by atoms with E-state index in [4.69, 9.17) is 21.1 Å². The van der Waals surface area contributed by atoms with Crippen molar-refractivity contribution in [2.75, 3.05) is 0 Å². The molecular formula is C25H18ClNO3. The number of Topliss-reactive ketones (excluding diaryl/α,β-unsaturated/α-hetero) is 1. The van der Waals surface area contributed by atoms with Gasteiger partial charge in [0.25, 0.3) is 0 Å². The Morgan fingerprint density at radius 3 is 2.70 bits per heavy atom. The third-order valence-electron chi connectivity index (χ3n) is 5.17. The highest BCUT2D eigenvalue weighted by Crippen LogP contribution is 2.36. The van der Waals surface area contributed by atoms with E-state index in [1.54, 1.807) is 24.3 Å². The van der Waals surface area contributed by atoms with E-state index in [0.29, 0.717) is 34.5 Å². The molecule has 4 nitrogen and oxygen atoms in total. The third kappa shape index (κ3) is 3.36. The molecule has 4 aromatic rings. The minimum atomic E-state index is -0.123. The van der Waals surface area contributed by atoms with Gasteiger partial charge in [0.15, 0.2) is 5.76 Å². The molecule has 1 aliphatic rings. The Balaban J connectivity index is 1.39. The van der Waals surface area contributed by atoms with Gasteiger partial charge in [0.05, 0.1) is 5.56 Å². The summed E-state index contributed by atoms with van der Waals surface area (Å²) in [6.07, 6.45) is 3.80. The van der Waals surface area contributed by atoms with Crippen molar-refractivity contribution in [2.45, 2.75) is 6.61 Å². The molecule has 148 valence electrons. The fourth-order valence-corrected chi connectivity index (χ4v) is 3.76. The van der Waals surface area contributed by atoms with Crippen molar-refractivity contribution < 1.29 is 14.3 Å². The zero-order chi connectivity index (χ0) is 20.7. The maximum absolute atomic E-state index is 12.8. The molecule has 0 saturated heterocycles. The summed E-state index contributed by atoms with van der Waals surface area (Å²) in [5.41, 5.74) is 3.60. The average Bonchev–Trinajstić information content (AvgIpc) is 3.24. The Bertz CT molecular complexity index is 1300. The lowest BCUT2D eigenvalue weighted by molar-refractivity contribution is 0.101. The molecule has 1 aliphatic heterocycles. The Labute approximate surface area is 178 Å². The van der Waals surface area contributed by atoms with E-state index in [1.807, 2.05) is 66.3 Å². The van der Waals surface area contributed by atoms with Crippen molar-refractivity contribution in [2.24, 2.45) is 7.05 Å². The van der Waals surface area contributed by atoms with E-state index in [0.717, 1.165) is 22.0 Å². The van der Waals surface area contributed by atoms with E-state index in [1.165, 1.54) is 0 Å². The number of carbonyl (C=O) groups is 1. The number of hydrogen-bond acceptors (Lipinski definition) is 3. The predicted octanol–water partition coefficient (Wildman–Crippen LogP) is 6.03. The molecule has 0 fully saturated rings. The first-order chi connectivity index (χ1) is 14.6. The minimum Gasteiger partial charge on any atom is -0.489 e. The molecular weight excluding hydrogens is 398 g/mol. The van der Waals surface area contributed by atoms with Crippen LogP contribution in [0.3, 0.4) is 0 Å². The SMILES string of the molecule is Cn1cc(C=C2Oc3cc(OCc4ccc(Cl)cc4)ccc3C2=O)c2ccccc21. The number of aromatic nitrogens is 1. The van der Waals surface area contributed by atoms with E-state index < -0.39 is 0 Å². The van der Waals surface area contributed by atoms with Gasteiger partial charge < -0.3 is 14.0 Å². The summed E-state index contributed by atoms with van der Waals surface area (Å²) in [6, 6.07) is 20.9. The summed E-state index contributed by atoms with van der Waals surface area (Å²) in [6.45, 7) is 0.405. The minimum absolute atomic E-state index is 0.123. The topological polar surface area (TPSA) is 40.5 Å². The number of carbonyl (C=O) groups excluding carboxylic acids is 1. The molecule has 30 heavy (non-hydrogen) atoms. The fraction of sp³-hybridized carbons (Fsp3) is 0.0800. The van der Waals surface area contributed by atoms with Crippen LogP contribution in [0.5, 0.6) is 11.5 Å². The normalized spacial score (nSPS) is 14.2. The predicted molar refractivity (Wildman–Crippen MR) is 118 cm³/mol. The molecule has 0 amide bonds. The van der Waals surface area contributed by atoms with Gasteiger partial charge in [0.1, 0.15) is 18.1 Å². The molecule has 5 heteroatoms. The average molecular weight is 416 g/mol. The first-order valence-electron chi connectivity index (χ1n) is 9.58. The van der Waals surface area contributed by atoms with Gasteiger partial charge in [0, 0.05) is 40.8 Å². The van der Waals surface area contributed by atoms with Crippen molar-refractivity contribution in [1.29, 1.82) is 0 Å². The summed E-state index contributed by atoms with van der Waals surface area (Å²) >= 11 is 5.92. The number of ketones is 1. The van der Waals surface area contributed by atoms with E-state index in [-0.39, 0.29) is 5.78 Å². The summed E-state index contributed by atoms with van der Waals surface area (Å²) in [4.78, 5) is 12.8. The molecule has 0 radical (unpaired) electrons. The summed E-state index contributed by atoms with van der Waals surface area (Å²) < 4.78 is 13.8. The standard InChI is InChI=1S/C25H18ClNO3/c1-27-14-17(20-4-2-3-5-22(20)27)12-24-25(28)21-11-10-19(13-23(21)30-24)29-15-16-6-8-18(26)9-7-16/h2-14H,15H2,1H3. The Morgan fingerprint density at radius 1 is 1.07 bits per heavy atom. The van der Waals surface area contributed by atoms with Crippen molar-refractivity contribution in [3.63, 3.8) is 0 Å². The largest absolute Gasteiger partial charge is 0.489 e. The van der Waals surface area contributed by atoms with Crippen LogP contribution in [0.4, 0.5) is 0 Å². The van der Waals surface area contributed by atoms with Gasteiger partial charge in [0.2, 0.25) is 5.78 Å². The van der Waals surface area contributed by atoms with Crippen LogP contribution in [-0.4, -0.2) is 10.4 Å². The van der Waals surface area contributed by atoms with Crippen molar-refractivity contribution in [3.05, 3.63) is 100 Å². The van der Waals surface area contributed by atoms with Crippen molar-refractivity contribution in [3.8, 4) is 11.5 Å². The lowest BCUT2D eigenvalue weighted by atomic mass is 10.1. The highest BCUT2D eigenvalue weighted by atomic mass is 35.5. The lowest BCUT2D eigenvalue weighted by Crippen LogP contribution is -1.97. The molecule has 0 atom stereocenters. The highest BCUT2D eigenvalue weighted by Gasteiger charge is 2.28. The molecule has 0 bridgehead atoms. The fourth-order valence-electron chi connectivity index (χ4n) is 3.63. The van der Waals surface area contributed by atoms with Gasteiger partial charge in [-0.3, -0.25) is 4.79 Å². The second-order valence-electron chi connectivity index (χ2n) is 7.23. The lowest BCUT2D eigenvalue weighted by Gasteiger charge is -2.07. The van der Waals surface area contributed by atoms with Gasteiger partial charge >= 0.3 is 0 Å². The molecule has 1 aromatic heterocycles. The number of nitrogens with zero attached hydrogens (tertiary/aromatic N) is 1. The van der Waals surface area contributed by atoms with Gasteiger partial charge in [-0.25, -0.2) is 0 Å². The van der Waals surface area contributed by atoms with E-state index in [2.05, 4.69) is 0 Å². The van der Waals surface area contributed by atoms with Crippen LogP contribution >= 0.6 is 11.6 Å². The number of rotatable bonds is 4. The second kappa shape index (κ2) is 7.39. The molecule has 5 rings (SSSR count). The van der Waals surface area contributed by atoms with Crippen molar-refractivity contribution in [1.82, 2.24) is 4.57 Å². The van der Waals surface area contributed by atoms with Gasteiger partial charge in [-0.15, -0.1) is 0 Å². The van der Waals surface area contributed by atoms with E-state index >= 15 is 0 Å². The second-order valence-corrected chi connectivity index (χ2v) is 7.66. The van der Waals surface area contributed by atoms with E-state index in [9.17, 15) is 4.79 Å². The number of fused-ring (bicyclic) bond motifs is 2. The maximum atomic E-state index is 12.8. The molecule has 0 spiro atoms. The number of ether oxygens (including phenoxy) is 2. The Hall–Kier alpha value is -3.50. The summed E-state index contributed by atoms with van der Waals surface area (Å²) in [5, 5.41) is 1.76. The Morgan fingerprint density at radius 2 is 1.87 bits per heavy atom. The van der Waals surface area contributed by atoms with Crippen LogP contribution < -0.4 is 9.47 Å². The quantitative estimate of drug-likeness (QED) is 0.382. The zero-order valence-corrected chi connectivity index (χ0v) is 17.0. The van der Waals surface area contributed by atoms with Crippen LogP contribution in [0.15, 0.2) is 78.7 Å². The Kier molecular flexibility index (Phi) is 4.57.